The molecule has 3 N–H and O–H groups in total. The number of nitrogens with one attached hydrogen (secondary N) is 1. The second-order valence-corrected chi connectivity index (χ2v) is 2.94. The molecule has 0 fully saturated rings. The Kier molecular flexibility index (Phi) is 7.38. The van der Waals surface area contributed by atoms with Gasteiger partial charge in [0.2, 0.25) is 0 Å². The number of H-pyrrole nitrogens is 1. The van der Waals surface area contributed by atoms with Crippen molar-refractivity contribution in [3.8, 4) is 0 Å². The van der Waals surface area contributed by atoms with Gasteiger partial charge < -0.3 is 10.7 Å². The summed E-state index contributed by atoms with van der Waals surface area (Å²) >= 11 is 0. The molecule has 1 rings (SSSR count). The predicted molar refractivity (Wildman–Crippen MR) is 69.0 cm³/mol. The van der Waals surface area contributed by atoms with E-state index >= 15 is 0 Å². The van der Waals surface area contributed by atoms with E-state index in [-0.39, 0.29) is 0 Å². The van der Waals surface area contributed by atoms with E-state index in [0.717, 1.165) is 17.0 Å². The number of hydrogen-bond acceptors (Lipinski definition) is 1. The largest absolute Gasteiger partial charge is 0.361 e. The lowest BCUT2D eigenvalue weighted by atomic mass is 10.2. The molecule has 1 aromatic heterocycles. The zero-order chi connectivity index (χ0) is 11.7. The maximum Gasteiger partial charge on any atom is 0.0450 e. The molecular formula is C13H22N2. The SMILES string of the molecule is C=c1c(CCN)c[nH]/c1=C/C=C\C.CC. The van der Waals surface area contributed by atoms with Gasteiger partial charge in [-0.1, -0.05) is 32.6 Å². The molecule has 0 radical (unpaired) electrons. The number of hydrogen-bond donors (Lipinski definition) is 2. The van der Waals surface area contributed by atoms with Gasteiger partial charge in [-0.15, -0.1) is 0 Å². The molecular weight excluding hydrogens is 184 g/mol. The van der Waals surface area contributed by atoms with E-state index in [1.165, 1.54) is 5.56 Å². The maximum atomic E-state index is 5.47. The van der Waals surface area contributed by atoms with Gasteiger partial charge in [0.15, 0.2) is 0 Å². The van der Waals surface area contributed by atoms with Crippen LogP contribution >= 0.6 is 0 Å². The molecule has 1 aromatic rings. The Bertz CT molecular complexity index is 385. The first-order valence-electron chi connectivity index (χ1n) is 5.48. The van der Waals surface area contributed by atoms with Gasteiger partial charge in [0.1, 0.15) is 0 Å². The molecule has 0 saturated carbocycles. The van der Waals surface area contributed by atoms with Crippen molar-refractivity contribution in [2.24, 2.45) is 5.73 Å². The molecule has 0 aliphatic carbocycles. The fraction of sp³-hybridized carbons (Fsp3) is 0.385. The normalized spacial score (nSPS) is 11.6. The highest BCUT2D eigenvalue weighted by atomic mass is 14.7. The van der Waals surface area contributed by atoms with Crippen LogP contribution in [0.25, 0.3) is 12.7 Å². The van der Waals surface area contributed by atoms with Crippen molar-refractivity contribution < 1.29 is 0 Å². The summed E-state index contributed by atoms with van der Waals surface area (Å²) in [6, 6.07) is 0. The standard InChI is InChI=1S/C11H16N2.C2H6/c1-3-4-5-11-9(2)10(6-7-12)8-13-11;1-2/h3-5,8,13H,2,6-7,12H2,1H3;1-2H3/b4-3-,11-5+;. The number of nitrogens with two attached hydrogens (primary N) is 1. The third-order valence-electron chi connectivity index (χ3n) is 1.98. The third kappa shape index (κ3) is 4.17. The van der Waals surface area contributed by atoms with Crippen LogP contribution in [0.15, 0.2) is 18.3 Å². The topological polar surface area (TPSA) is 41.8 Å². The number of allylic oxidation sites excluding steroid dienone is 2. The molecule has 0 aliphatic rings. The highest BCUT2D eigenvalue weighted by Gasteiger charge is 1.94. The number of aromatic amines is 1. The van der Waals surface area contributed by atoms with Crippen molar-refractivity contribution in [2.75, 3.05) is 6.54 Å². The lowest BCUT2D eigenvalue weighted by molar-refractivity contribution is 0.965. The minimum absolute atomic E-state index is 0.670. The van der Waals surface area contributed by atoms with Crippen molar-refractivity contribution in [3.63, 3.8) is 0 Å². The fourth-order valence-corrected chi connectivity index (χ4v) is 1.23. The van der Waals surface area contributed by atoms with Crippen LogP contribution in [0.1, 0.15) is 26.3 Å². The van der Waals surface area contributed by atoms with Crippen molar-refractivity contribution in [1.29, 1.82) is 0 Å². The molecule has 0 unspecified atom stereocenters. The van der Waals surface area contributed by atoms with Gasteiger partial charge in [-0.25, -0.2) is 0 Å². The van der Waals surface area contributed by atoms with E-state index < -0.39 is 0 Å². The van der Waals surface area contributed by atoms with Crippen molar-refractivity contribution >= 4 is 12.7 Å². The van der Waals surface area contributed by atoms with Crippen molar-refractivity contribution in [3.05, 3.63) is 34.5 Å². The molecule has 84 valence electrons. The molecule has 15 heavy (non-hydrogen) atoms. The summed E-state index contributed by atoms with van der Waals surface area (Å²) in [7, 11) is 0. The van der Waals surface area contributed by atoms with Crippen LogP contribution in [0.5, 0.6) is 0 Å². The van der Waals surface area contributed by atoms with E-state index in [9.17, 15) is 0 Å². The van der Waals surface area contributed by atoms with Gasteiger partial charge in [0, 0.05) is 11.5 Å². The molecule has 0 aliphatic heterocycles. The molecule has 0 aromatic carbocycles. The number of rotatable bonds is 3. The van der Waals surface area contributed by atoms with Gasteiger partial charge in [-0.3, -0.25) is 0 Å². The van der Waals surface area contributed by atoms with Gasteiger partial charge in [0.05, 0.1) is 0 Å². The molecule has 0 saturated heterocycles. The summed E-state index contributed by atoms with van der Waals surface area (Å²) in [5.74, 6) is 0. The Morgan fingerprint density at radius 2 is 2.13 bits per heavy atom. The molecule has 0 bridgehead atoms. The van der Waals surface area contributed by atoms with Crippen LogP contribution in [0.3, 0.4) is 0 Å². The summed E-state index contributed by atoms with van der Waals surface area (Å²) < 4.78 is 0. The Balaban J connectivity index is 0.000000921. The van der Waals surface area contributed by atoms with E-state index in [1.807, 2.05) is 45.2 Å². The Hall–Kier alpha value is -1.28. The van der Waals surface area contributed by atoms with Crippen molar-refractivity contribution in [2.45, 2.75) is 27.2 Å². The Morgan fingerprint density at radius 1 is 1.47 bits per heavy atom. The van der Waals surface area contributed by atoms with Gasteiger partial charge in [-0.2, -0.15) is 0 Å². The molecule has 0 amide bonds. The first kappa shape index (κ1) is 13.7. The van der Waals surface area contributed by atoms with Crippen LogP contribution < -0.4 is 16.3 Å². The molecule has 2 nitrogen and oxygen atoms in total. The van der Waals surface area contributed by atoms with Crippen LogP contribution in [0.4, 0.5) is 0 Å². The molecule has 1 heterocycles. The minimum Gasteiger partial charge on any atom is -0.361 e. The summed E-state index contributed by atoms with van der Waals surface area (Å²) in [6.45, 7) is 10.7. The predicted octanol–water partition coefficient (Wildman–Crippen LogP) is 1.31. The Morgan fingerprint density at radius 3 is 2.67 bits per heavy atom. The van der Waals surface area contributed by atoms with Gasteiger partial charge >= 0.3 is 0 Å². The lowest BCUT2D eigenvalue weighted by Gasteiger charge is -1.89. The highest BCUT2D eigenvalue weighted by molar-refractivity contribution is 5.36. The van der Waals surface area contributed by atoms with E-state index in [1.54, 1.807) is 0 Å². The summed E-state index contributed by atoms with van der Waals surface area (Å²) in [5.41, 5.74) is 6.68. The molecule has 0 atom stereocenters. The van der Waals surface area contributed by atoms with E-state index in [0.29, 0.717) is 6.54 Å². The van der Waals surface area contributed by atoms with Gasteiger partial charge in [-0.05, 0) is 36.7 Å². The zero-order valence-corrected chi connectivity index (χ0v) is 10.0. The average Bonchev–Trinajstić information content (AvgIpc) is 2.61. The van der Waals surface area contributed by atoms with Crippen molar-refractivity contribution in [1.82, 2.24) is 4.98 Å². The van der Waals surface area contributed by atoms with Crippen LogP contribution in [0, 0.1) is 0 Å². The number of aromatic nitrogens is 1. The zero-order valence-electron chi connectivity index (χ0n) is 10.0. The monoisotopic (exact) mass is 206 g/mol. The average molecular weight is 206 g/mol. The van der Waals surface area contributed by atoms with E-state index in [4.69, 9.17) is 5.73 Å². The molecule has 2 heteroatoms. The summed E-state index contributed by atoms with van der Waals surface area (Å²) in [6.07, 6.45) is 8.86. The second-order valence-electron chi connectivity index (χ2n) is 2.94. The van der Waals surface area contributed by atoms with Crippen LogP contribution in [0.2, 0.25) is 0 Å². The minimum atomic E-state index is 0.670. The van der Waals surface area contributed by atoms with Gasteiger partial charge in [0.25, 0.3) is 0 Å². The first-order valence-corrected chi connectivity index (χ1v) is 5.48. The smallest absolute Gasteiger partial charge is 0.0450 e. The van der Waals surface area contributed by atoms with E-state index in [2.05, 4.69) is 11.6 Å². The summed E-state index contributed by atoms with van der Waals surface area (Å²) in [5, 5.41) is 2.13. The fourth-order valence-electron chi connectivity index (χ4n) is 1.23. The maximum absolute atomic E-state index is 5.47. The van der Waals surface area contributed by atoms with Crippen LogP contribution in [-0.4, -0.2) is 11.5 Å². The highest BCUT2D eigenvalue weighted by Crippen LogP contribution is 1.85. The molecule has 0 spiro atoms. The summed E-state index contributed by atoms with van der Waals surface area (Å²) in [4.78, 5) is 3.17. The second kappa shape index (κ2) is 8.06. The third-order valence-corrected chi connectivity index (χ3v) is 1.98. The lowest BCUT2D eigenvalue weighted by Crippen LogP contribution is -2.24. The quantitative estimate of drug-likeness (QED) is 0.769. The Labute approximate surface area is 92.2 Å². The first-order chi connectivity index (χ1) is 7.29. The van der Waals surface area contributed by atoms with Crippen LogP contribution in [-0.2, 0) is 6.42 Å².